The zero-order chi connectivity index (χ0) is 25.1. The van der Waals surface area contributed by atoms with E-state index in [4.69, 9.17) is 14.2 Å². The predicted octanol–water partition coefficient (Wildman–Crippen LogP) is 5.40. The number of ether oxygens (including phenoxy) is 3. The molecular weight excluding hydrogens is 437 g/mol. The van der Waals surface area contributed by atoms with Gasteiger partial charge >= 0.3 is 5.97 Å². The maximum Gasteiger partial charge on any atom is 0.308 e. The molecule has 2 atom stereocenters. The Kier molecular flexibility index (Phi) is 7.78. The SMILES string of the molecule is CCc1c(/C=C/[C@@H]2C[C@H](CC(=O)OC(C)(C)C)OC(C)(C)O2)c(-c2ccc(F)cc2)c[nH]c1=O. The highest BCUT2D eigenvalue weighted by atomic mass is 19.1. The Bertz CT molecular complexity index is 1100. The smallest absolute Gasteiger partial charge is 0.308 e. The van der Waals surface area contributed by atoms with Crippen molar-refractivity contribution < 1.29 is 23.4 Å². The van der Waals surface area contributed by atoms with Gasteiger partial charge in [-0.3, -0.25) is 9.59 Å². The van der Waals surface area contributed by atoms with Gasteiger partial charge in [-0.2, -0.15) is 0 Å². The molecule has 1 fully saturated rings. The summed E-state index contributed by atoms with van der Waals surface area (Å²) in [6.45, 7) is 11.0. The molecular formula is C27H34FNO5. The average Bonchev–Trinajstić information content (AvgIpc) is 2.70. The number of carbonyl (C=O) groups is 1. The Morgan fingerprint density at radius 3 is 2.53 bits per heavy atom. The standard InChI is InChI=1S/C27H34FNO5/c1-7-21-22(23(16-29-25(21)31)17-8-10-18(28)11-9-17)13-12-19-14-20(33-27(5,6)32-19)15-24(30)34-26(2,3)4/h8-13,16,19-20H,7,14-15H2,1-6H3,(H,29,31)/b13-12+/t19-,20-/m1/s1. The second kappa shape index (κ2) is 10.2. The first-order chi connectivity index (χ1) is 15.9. The summed E-state index contributed by atoms with van der Waals surface area (Å²) >= 11 is 0. The van der Waals surface area contributed by atoms with E-state index in [1.807, 2.05) is 53.7 Å². The van der Waals surface area contributed by atoms with Gasteiger partial charge in [-0.05, 0) is 64.3 Å². The van der Waals surface area contributed by atoms with Gasteiger partial charge in [0.1, 0.15) is 11.4 Å². The van der Waals surface area contributed by atoms with E-state index in [0.29, 0.717) is 18.4 Å². The van der Waals surface area contributed by atoms with E-state index in [1.54, 1.807) is 18.3 Å². The Balaban J connectivity index is 1.88. The summed E-state index contributed by atoms with van der Waals surface area (Å²) in [5.41, 5.74) is 2.26. The molecule has 1 saturated heterocycles. The minimum atomic E-state index is -0.887. The van der Waals surface area contributed by atoms with E-state index in [2.05, 4.69) is 4.98 Å². The summed E-state index contributed by atoms with van der Waals surface area (Å²) in [4.78, 5) is 27.6. The monoisotopic (exact) mass is 471 g/mol. The molecule has 0 unspecified atom stereocenters. The van der Waals surface area contributed by atoms with E-state index in [1.165, 1.54) is 12.1 Å². The van der Waals surface area contributed by atoms with Crippen LogP contribution < -0.4 is 5.56 Å². The number of carbonyl (C=O) groups excluding carboxylic acids is 1. The molecule has 0 saturated carbocycles. The molecule has 1 aliphatic rings. The first-order valence-electron chi connectivity index (χ1n) is 11.6. The summed E-state index contributed by atoms with van der Waals surface area (Å²) in [5.74, 6) is -1.53. The van der Waals surface area contributed by atoms with E-state index in [0.717, 1.165) is 16.7 Å². The molecule has 1 N–H and O–H groups in total. The van der Waals surface area contributed by atoms with Crippen molar-refractivity contribution in [3.8, 4) is 11.1 Å². The van der Waals surface area contributed by atoms with Gasteiger partial charge in [0.15, 0.2) is 5.79 Å². The molecule has 2 aromatic rings. The van der Waals surface area contributed by atoms with Crippen molar-refractivity contribution in [3.05, 3.63) is 63.8 Å². The number of aromatic nitrogens is 1. The first kappa shape index (κ1) is 25.8. The molecule has 184 valence electrons. The molecule has 0 bridgehead atoms. The number of esters is 1. The minimum Gasteiger partial charge on any atom is -0.460 e. The molecule has 1 aromatic heterocycles. The van der Waals surface area contributed by atoms with Crippen molar-refractivity contribution in [2.24, 2.45) is 0 Å². The summed E-state index contributed by atoms with van der Waals surface area (Å²) in [7, 11) is 0. The van der Waals surface area contributed by atoms with Gasteiger partial charge in [0, 0.05) is 23.7 Å². The molecule has 0 radical (unpaired) electrons. The molecule has 0 amide bonds. The summed E-state index contributed by atoms with van der Waals surface area (Å²) in [5, 5.41) is 0. The van der Waals surface area contributed by atoms with Crippen LogP contribution in [0.25, 0.3) is 17.2 Å². The molecule has 6 nitrogen and oxygen atoms in total. The van der Waals surface area contributed by atoms with Gasteiger partial charge in [0.25, 0.3) is 5.56 Å². The fourth-order valence-corrected chi connectivity index (χ4v) is 4.16. The fraction of sp³-hybridized carbons (Fsp3) is 0.481. The second-order valence-corrected chi connectivity index (χ2v) is 9.97. The lowest BCUT2D eigenvalue weighted by molar-refractivity contribution is -0.290. The van der Waals surface area contributed by atoms with Gasteiger partial charge in [-0.1, -0.05) is 31.2 Å². The predicted molar refractivity (Wildman–Crippen MR) is 130 cm³/mol. The molecule has 0 aliphatic carbocycles. The Hall–Kier alpha value is -2.77. The van der Waals surface area contributed by atoms with Crippen molar-refractivity contribution in [2.75, 3.05) is 0 Å². The van der Waals surface area contributed by atoms with E-state index >= 15 is 0 Å². The van der Waals surface area contributed by atoms with E-state index in [-0.39, 0.29) is 36.0 Å². The van der Waals surface area contributed by atoms with Crippen LogP contribution in [-0.2, 0) is 25.4 Å². The lowest BCUT2D eigenvalue weighted by atomic mass is 9.95. The van der Waals surface area contributed by atoms with Gasteiger partial charge in [0.2, 0.25) is 0 Å². The van der Waals surface area contributed by atoms with Crippen LogP contribution in [0.5, 0.6) is 0 Å². The van der Waals surface area contributed by atoms with Crippen molar-refractivity contribution in [1.82, 2.24) is 4.98 Å². The molecule has 7 heteroatoms. The normalized spacial score (nSPS) is 20.4. The molecule has 1 aromatic carbocycles. The van der Waals surface area contributed by atoms with E-state index < -0.39 is 11.4 Å². The van der Waals surface area contributed by atoms with Crippen LogP contribution in [0.2, 0.25) is 0 Å². The van der Waals surface area contributed by atoms with Crippen LogP contribution >= 0.6 is 0 Å². The molecule has 2 heterocycles. The lowest BCUT2D eigenvalue weighted by Gasteiger charge is -2.39. The minimum absolute atomic E-state index is 0.125. The van der Waals surface area contributed by atoms with Gasteiger partial charge < -0.3 is 19.2 Å². The van der Waals surface area contributed by atoms with Crippen LogP contribution in [0.1, 0.15) is 65.5 Å². The maximum absolute atomic E-state index is 13.5. The zero-order valence-corrected chi connectivity index (χ0v) is 20.7. The van der Waals surface area contributed by atoms with Crippen LogP contribution in [0.15, 0.2) is 41.3 Å². The Morgan fingerprint density at radius 2 is 1.91 bits per heavy atom. The van der Waals surface area contributed by atoms with E-state index in [9.17, 15) is 14.0 Å². The first-order valence-corrected chi connectivity index (χ1v) is 11.6. The number of H-pyrrole nitrogens is 1. The van der Waals surface area contributed by atoms with Crippen molar-refractivity contribution in [3.63, 3.8) is 0 Å². The van der Waals surface area contributed by atoms with Gasteiger partial charge in [-0.25, -0.2) is 4.39 Å². The van der Waals surface area contributed by atoms with Gasteiger partial charge in [-0.15, -0.1) is 0 Å². The topological polar surface area (TPSA) is 77.6 Å². The van der Waals surface area contributed by atoms with Crippen LogP contribution in [0.4, 0.5) is 4.39 Å². The maximum atomic E-state index is 13.5. The molecule has 34 heavy (non-hydrogen) atoms. The molecule has 1 aliphatic heterocycles. The number of hydrogen-bond acceptors (Lipinski definition) is 5. The summed E-state index contributed by atoms with van der Waals surface area (Å²) in [6.07, 6.45) is 5.85. The van der Waals surface area contributed by atoms with Crippen molar-refractivity contribution in [2.45, 2.75) is 84.4 Å². The third kappa shape index (κ3) is 6.87. The zero-order valence-electron chi connectivity index (χ0n) is 20.7. The van der Waals surface area contributed by atoms with Crippen LogP contribution in [-0.4, -0.2) is 34.5 Å². The third-order valence-electron chi connectivity index (χ3n) is 5.42. The second-order valence-electron chi connectivity index (χ2n) is 9.97. The summed E-state index contributed by atoms with van der Waals surface area (Å²) in [6, 6.07) is 6.16. The number of rotatable bonds is 6. The third-order valence-corrected chi connectivity index (χ3v) is 5.42. The highest BCUT2D eigenvalue weighted by Gasteiger charge is 2.36. The van der Waals surface area contributed by atoms with Crippen molar-refractivity contribution in [1.29, 1.82) is 0 Å². The number of pyridine rings is 1. The van der Waals surface area contributed by atoms with Gasteiger partial charge in [0.05, 0.1) is 18.6 Å². The van der Waals surface area contributed by atoms with Crippen LogP contribution in [0, 0.1) is 5.82 Å². The Labute approximate surface area is 200 Å². The average molecular weight is 472 g/mol. The largest absolute Gasteiger partial charge is 0.460 e. The highest BCUT2D eigenvalue weighted by Crippen LogP contribution is 2.31. The Morgan fingerprint density at radius 1 is 1.24 bits per heavy atom. The fourth-order valence-electron chi connectivity index (χ4n) is 4.16. The number of halogens is 1. The molecule has 3 rings (SSSR count). The van der Waals surface area contributed by atoms with Crippen LogP contribution in [0.3, 0.4) is 0 Å². The number of nitrogens with one attached hydrogen (secondary N) is 1. The number of hydrogen-bond donors (Lipinski definition) is 1. The summed E-state index contributed by atoms with van der Waals surface area (Å²) < 4.78 is 30.9. The molecule has 0 spiro atoms. The highest BCUT2D eigenvalue weighted by molar-refractivity contribution is 5.76. The van der Waals surface area contributed by atoms with Crippen molar-refractivity contribution >= 4 is 12.0 Å². The number of aromatic amines is 1. The quantitative estimate of drug-likeness (QED) is 0.571. The number of benzene rings is 1. The lowest BCUT2D eigenvalue weighted by Crippen LogP contribution is -2.45.